The van der Waals surface area contributed by atoms with Crippen molar-refractivity contribution < 1.29 is 14.3 Å². The first-order valence-electron chi connectivity index (χ1n) is 9.92. The van der Waals surface area contributed by atoms with E-state index in [-0.39, 0.29) is 11.9 Å². The molecule has 4 aliphatic rings. The van der Waals surface area contributed by atoms with Crippen molar-refractivity contribution in [1.82, 2.24) is 9.80 Å². The summed E-state index contributed by atoms with van der Waals surface area (Å²) in [5.74, 6) is 2.69. The Balaban J connectivity index is 1.55. The molecule has 2 aliphatic heterocycles. The number of nitrogens with one attached hydrogen (secondary N) is 1. The summed E-state index contributed by atoms with van der Waals surface area (Å²) in [6, 6.07) is 5.45. The van der Waals surface area contributed by atoms with Gasteiger partial charge in [-0.25, -0.2) is 4.79 Å². The number of benzene rings is 1. The average molecular weight is 371 g/mol. The fraction of sp³-hybridized carbons (Fsp3) is 0.619. The van der Waals surface area contributed by atoms with Crippen LogP contribution in [0.2, 0.25) is 0 Å². The number of methoxy groups -OCH3 is 1. The standard InChI is InChI=1S/C21H29N3O3/c1-23(2)20(25)16-4-5-19(27-3)18(11-16)22-21(26)24-12-15-7-13-6-14(8-15)10-17(24)9-13/h4-5,11,13-15,17H,6-10,12H2,1-3H3,(H,22,26)/t13-,14+,15?,17?. The zero-order valence-electron chi connectivity index (χ0n) is 16.4. The van der Waals surface area contributed by atoms with Gasteiger partial charge in [-0.2, -0.15) is 0 Å². The number of nitrogens with zero attached hydrogens (tertiary/aromatic N) is 2. The van der Waals surface area contributed by atoms with Gasteiger partial charge in [0.1, 0.15) is 5.75 Å². The first-order valence-corrected chi connectivity index (χ1v) is 9.92. The topological polar surface area (TPSA) is 61.9 Å². The molecule has 0 spiro atoms. The molecule has 2 unspecified atom stereocenters. The van der Waals surface area contributed by atoms with Crippen molar-refractivity contribution in [3.63, 3.8) is 0 Å². The Labute approximate surface area is 160 Å². The Hall–Kier alpha value is -2.24. The molecule has 0 radical (unpaired) electrons. The molecule has 1 N–H and O–H groups in total. The third-order valence-electron chi connectivity index (χ3n) is 6.46. The highest BCUT2D eigenvalue weighted by atomic mass is 16.5. The monoisotopic (exact) mass is 371 g/mol. The van der Waals surface area contributed by atoms with Crippen molar-refractivity contribution in [2.75, 3.05) is 33.1 Å². The second-order valence-corrected chi connectivity index (χ2v) is 8.63. The van der Waals surface area contributed by atoms with E-state index in [4.69, 9.17) is 4.74 Å². The third kappa shape index (κ3) is 3.49. The molecule has 146 valence electrons. The van der Waals surface area contributed by atoms with Gasteiger partial charge in [-0.3, -0.25) is 4.79 Å². The molecule has 4 fully saturated rings. The molecule has 6 nitrogen and oxygen atoms in total. The molecular formula is C21H29N3O3. The molecule has 1 aromatic carbocycles. The van der Waals surface area contributed by atoms with Crippen LogP contribution in [0.1, 0.15) is 42.5 Å². The summed E-state index contributed by atoms with van der Waals surface area (Å²) >= 11 is 0. The second kappa shape index (κ2) is 7.06. The van der Waals surface area contributed by atoms with Crippen LogP contribution in [0.3, 0.4) is 0 Å². The van der Waals surface area contributed by atoms with E-state index in [0.29, 0.717) is 29.0 Å². The van der Waals surface area contributed by atoms with Crippen LogP contribution in [0.25, 0.3) is 0 Å². The van der Waals surface area contributed by atoms with E-state index >= 15 is 0 Å². The van der Waals surface area contributed by atoms with Crippen LogP contribution in [0, 0.1) is 17.8 Å². The van der Waals surface area contributed by atoms with Gasteiger partial charge in [-0.05, 0) is 68.1 Å². The maximum Gasteiger partial charge on any atom is 0.322 e. The highest BCUT2D eigenvalue weighted by Gasteiger charge is 2.44. The minimum absolute atomic E-state index is 0.0686. The van der Waals surface area contributed by atoms with E-state index in [2.05, 4.69) is 5.32 Å². The van der Waals surface area contributed by atoms with Gasteiger partial charge in [0.15, 0.2) is 0 Å². The summed E-state index contributed by atoms with van der Waals surface area (Å²) in [5.41, 5.74) is 1.09. The molecule has 6 heteroatoms. The van der Waals surface area contributed by atoms with Crippen LogP contribution >= 0.6 is 0 Å². The van der Waals surface area contributed by atoms with Crippen molar-refractivity contribution in [3.05, 3.63) is 23.8 Å². The normalized spacial score (nSPS) is 28.6. The number of anilines is 1. The van der Waals surface area contributed by atoms with Gasteiger partial charge in [0.25, 0.3) is 5.91 Å². The van der Waals surface area contributed by atoms with E-state index in [1.54, 1.807) is 39.4 Å². The number of ether oxygens (including phenoxy) is 1. The molecule has 1 aromatic rings. The Morgan fingerprint density at radius 1 is 1.07 bits per heavy atom. The lowest BCUT2D eigenvalue weighted by atomic mass is 9.68. The summed E-state index contributed by atoms with van der Waals surface area (Å²) < 4.78 is 5.41. The van der Waals surface area contributed by atoms with Crippen molar-refractivity contribution in [3.8, 4) is 5.75 Å². The van der Waals surface area contributed by atoms with Gasteiger partial charge < -0.3 is 19.9 Å². The van der Waals surface area contributed by atoms with Gasteiger partial charge in [0.2, 0.25) is 0 Å². The second-order valence-electron chi connectivity index (χ2n) is 8.63. The van der Waals surface area contributed by atoms with E-state index in [1.807, 2.05) is 4.90 Å². The van der Waals surface area contributed by atoms with Crippen LogP contribution in [0.4, 0.5) is 10.5 Å². The Morgan fingerprint density at radius 2 is 1.74 bits per heavy atom. The van der Waals surface area contributed by atoms with Gasteiger partial charge in [0, 0.05) is 32.2 Å². The highest BCUT2D eigenvalue weighted by Crippen LogP contribution is 2.47. The first kappa shape index (κ1) is 18.1. The number of amides is 3. The van der Waals surface area contributed by atoms with E-state index in [1.165, 1.54) is 24.2 Å². The van der Waals surface area contributed by atoms with E-state index in [0.717, 1.165) is 31.2 Å². The van der Waals surface area contributed by atoms with Crippen LogP contribution in [0.5, 0.6) is 5.75 Å². The largest absolute Gasteiger partial charge is 0.495 e. The molecule has 2 saturated heterocycles. The van der Waals surface area contributed by atoms with Crippen LogP contribution in [-0.2, 0) is 0 Å². The summed E-state index contributed by atoms with van der Waals surface area (Å²) in [5, 5.41) is 3.03. The van der Waals surface area contributed by atoms with Gasteiger partial charge in [-0.15, -0.1) is 0 Å². The number of urea groups is 1. The quantitative estimate of drug-likeness (QED) is 0.885. The molecule has 2 aliphatic carbocycles. The van der Waals surface area contributed by atoms with Crippen LogP contribution in [0.15, 0.2) is 18.2 Å². The van der Waals surface area contributed by atoms with Crippen molar-refractivity contribution in [2.24, 2.45) is 17.8 Å². The van der Waals surface area contributed by atoms with Crippen molar-refractivity contribution in [1.29, 1.82) is 0 Å². The number of fused-ring (bicyclic) bond motifs is 1. The zero-order chi connectivity index (χ0) is 19.1. The first-order chi connectivity index (χ1) is 12.9. The maximum absolute atomic E-state index is 13.1. The van der Waals surface area contributed by atoms with Gasteiger partial charge in [-0.1, -0.05) is 0 Å². The summed E-state index contributed by atoms with van der Waals surface area (Å²) in [6.45, 7) is 0.849. The lowest BCUT2D eigenvalue weighted by molar-refractivity contribution is 0.0827. The number of carbonyl (C=O) groups excluding carboxylic acids is 2. The van der Waals surface area contributed by atoms with Crippen molar-refractivity contribution >= 4 is 17.6 Å². The number of rotatable bonds is 3. The smallest absolute Gasteiger partial charge is 0.322 e. The van der Waals surface area contributed by atoms with E-state index < -0.39 is 0 Å². The predicted molar refractivity (Wildman–Crippen MR) is 104 cm³/mol. The summed E-state index contributed by atoms with van der Waals surface area (Å²) in [7, 11) is 5.01. The lowest BCUT2D eigenvalue weighted by Gasteiger charge is -2.38. The van der Waals surface area contributed by atoms with Crippen LogP contribution in [-0.4, -0.2) is 55.5 Å². The third-order valence-corrected chi connectivity index (χ3v) is 6.46. The molecule has 5 rings (SSSR count). The molecule has 27 heavy (non-hydrogen) atoms. The number of hydrogen-bond acceptors (Lipinski definition) is 3. The SMILES string of the molecule is COc1ccc(C(=O)N(C)C)cc1NC(=O)N1CC2C[C@@H]3CC1C[C@H](C2)C3. The molecular weight excluding hydrogens is 342 g/mol. The fourth-order valence-electron chi connectivity index (χ4n) is 5.42. The minimum atomic E-state index is -0.0983. The maximum atomic E-state index is 13.1. The fourth-order valence-corrected chi connectivity index (χ4v) is 5.42. The summed E-state index contributed by atoms with van der Waals surface area (Å²) in [4.78, 5) is 29.0. The molecule has 0 aromatic heterocycles. The van der Waals surface area contributed by atoms with Gasteiger partial charge >= 0.3 is 6.03 Å². The zero-order valence-corrected chi connectivity index (χ0v) is 16.4. The lowest BCUT2D eigenvalue weighted by Crippen LogP contribution is -2.44. The van der Waals surface area contributed by atoms with Crippen LogP contribution < -0.4 is 10.1 Å². The Morgan fingerprint density at radius 3 is 2.37 bits per heavy atom. The van der Waals surface area contributed by atoms with E-state index in [9.17, 15) is 9.59 Å². The molecule has 4 bridgehead atoms. The minimum Gasteiger partial charge on any atom is -0.495 e. The highest BCUT2D eigenvalue weighted by molar-refractivity contribution is 5.98. The van der Waals surface area contributed by atoms with Gasteiger partial charge in [0.05, 0.1) is 12.8 Å². The number of hydrogen-bond donors (Lipinski definition) is 1. The van der Waals surface area contributed by atoms with Crippen molar-refractivity contribution in [2.45, 2.75) is 38.1 Å². The Kier molecular flexibility index (Phi) is 4.74. The number of carbonyl (C=O) groups is 2. The molecule has 3 amide bonds. The summed E-state index contributed by atoms with van der Waals surface area (Å²) in [6.07, 6.45) is 6.16. The Bertz CT molecular complexity index is 734. The molecule has 4 atom stereocenters. The average Bonchev–Trinajstić information content (AvgIpc) is 2.84. The molecule has 2 heterocycles. The molecule has 2 saturated carbocycles. The predicted octanol–water partition coefficient (Wildman–Crippen LogP) is 3.44.